The third kappa shape index (κ3) is 11.8. The Morgan fingerprint density at radius 3 is 1.76 bits per heavy atom. The van der Waals surface area contributed by atoms with Crippen molar-refractivity contribution < 1.29 is 19.8 Å². The average molecular weight is 355 g/mol. The summed E-state index contributed by atoms with van der Waals surface area (Å²) in [5.74, 6) is -1.39. The van der Waals surface area contributed by atoms with Crippen LogP contribution in [-0.2, 0) is 9.59 Å². The smallest absolute Gasteiger partial charge is 0.309 e. The second-order valence-electron chi connectivity index (χ2n) is 7.26. The molecule has 1 atom stereocenters. The first-order valence-corrected chi connectivity index (χ1v) is 10.0. The van der Waals surface area contributed by atoms with Gasteiger partial charge in [0, 0.05) is 6.42 Å². The van der Waals surface area contributed by atoms with E-state index >= 15 is 0 Å². The number of rotatable bonds is 18. The van der Waals surface area contributed by atoms with Crippen LogP contribution in [0.15, 0.2) is 12.7 Å². The Hall–Kier alpha value is -1.32. The van der Waals surface area contributed by atoms with Crippen molar-refractivity contribution in [2.24, 2.45) is 5.41 Å². The highest BCUT2D eigenvalue weighted by Gasteiger charge is 2.35. The van der Waals surface area contributed by atoms with Gasteiger partial charge in [-0.1, -0.05) is 77.2 Å². The van der Waals surface area contributed by atoms with Crippen LogP contribution < -0.4 is 0 Å². The van der Waals surface area contributed by atoms with Crippen LogP contribution >= 0.6 is 0 Å². The van der Waals surface area contributed by atoms with Crippen LogP contribution in [0.3, 0.4) is 0 Å². The van der Waals surface area contributed by atoms with E-state index in [0.29, 0.717) is 6.42 Å². The maximum absolute atomic E-state index is 11.9. The topological polar surface area (TPSA) is 74.6 Å². The fourth-order valence-corrected chi connectivity index (χ4v) is 3.42. The van der Waals surface area contributed by atoms with Gasteiger partial charge in [-0.05, 0) is 25.7 Å². The molecule has 146 valence electrons. The molecule has 0 aliphatic carbocycles. The SMILES string of the molecule is C=CCC(CCCCCC)(CCCCCCCCCC(=O)O)C(=O)O. The standard InChI is InChI=1S/C21H38O4/c1-3-5-6-13-17-21(16-4-2,20(24)25)18-14-11-9-7-8-10-12-15-19(22)23/h4H,2-3,5-18H2,1H3,(H,22,23)(H,24,25). The molecule has 4 heteroatoms. The van der Waals surface area contributed by atoms with Gasteiger partial charge < -0.3 is 10.2 Å². The Morgan fingerprint density at radius 2 is 1.32 bits per heavy atom. The lowest BCUT2D eigenvalue weighted by molar-refractivity contribution is -0.150. The third-order valence-electron chi connectivity index (χ3n) is 5.04. The Labute approximate surface area is 153 Å². The fraction of sp³-hybridized carbons (Fsp3) is 0.810. The van der Waals surface area contributed by atoms with Crippen molar-refractivity contribution in [3.8, 4) is 0 Å². The molecule has 0 spiro atoms. The molecule has 0 rings (SSSR count). The third-order valence-corrected chi connectivity index (χ3v) is 5.04. The number of allylic oxidation sites excluding steroid dienone is 1. The summed E-state index contributed by atoms with van der Waals surface area (Å²) < 4.78 is 0. The Kier molecular flexibility index (Phi) is 14.2. The van der Waals surface area contributed by atoms with Gasteiger partial charge in [0.2, 0.25) is 0 Å². The zero-order valence-corrected chi connectivity index (χ0v) is 16.1. The molecule has 0 aromatic heterocycles. The lowest BCUT2D eigenvalue weighted by Crippen LogP contribution is -2.30. The zero-order valence-electron chi connectivity index (χ0n) is 16.1. The van der Waals surface area contributed by atoms with E-state index in [2.05, 4.69) is 13.5 Å². The summed E-state index contributed by atoms with van der Waals surface area (Å²) >= 11 is 0. The normalized spacial score (nSPS) is 13.3. The summed E-state index contributed by atoms with van der Waals surface area (Å²) in [6.45, 7) is 5.93. The van der Waals surface area contributed by atoms with Crippen molar-refractivity contribution in [2.45, 2.75) is 103 Å². The molecular weight excluding hydrogens is 316 g/mol. The number of hydrogen-bond acceptors (Lipinski definition) is 2. The highest BCUT2D eigenvalue weighted by molar-refractivity contribution is 5.74. The van der Waals surface area contributed by atoms with Crippen molar-refractivity contribution in [1.29, 1.82) is 0 Å². The minimum Gasteiger partial charge on any atom is -0.481 e. The first-order valence-electron chi connectivity index (χ1n) is 10.0. The Morgan fingerprint density at radius 1 is 0.840 bits per heavy atom. The van der Waals surface area contributed by atoms with Crippen molar-refractivity contribution in [2.75, 3.05) is 0 Å². The Balaban J connectivity index is 4.06. The largest absolute Gasteiger partial charge is 0.481 e. The summed E-state index contributed by atoms with van der Waals surface area (Å²) in [4.78, 5) is 22.3. The lowest BCUT2D eigenvalue weighted by Gasteiger charge is -2.28. The van der Waals surface area contributed by atoms with Gasteiger partial charge in [0.1, 0.15) is 0 Å². The van der Waals surface area contributed by atoms with Crippen LogP contribution in [0, 0.1) is 5.41 Å². The molecule has 0 saturated carbocycles. The molecule has 0 aliphatic heterocycles. The predicted molar refractivity (Wildman–Crippen MR) is 103 cm³/mol. The predicted octanol–water partition coefficient (Wildman–Crippen LogP) is 6.20. The van der Waals surface area contributed by atoms with Crippen molar-refractivity contribution in [3.05, 3.63) is 12.7 Å². The quantitative estimate of drug-likeness (QED) is 0.227. The fourth-order valence-electron chi connectivity index (χ4n) is 3.42. The summed E-state index contributed by atoms with van der Waals surface area (Å²) in [6, 6.07) is 0. The minimum atomic E-state index is -0.717. The molecule has 0 fully saturated rings. The molecule has 0 bridgehead atoms. The van der Waals surface area contributed by atoms with E-state index in [-0.39, 0.29) is 6.42 Å². The van der Waals surface area contributed by atoms with Crippen molar-refractivity contribution >= 4 is 11.9 Å². The van der Waals surface area contributed by atoms with Gasteiger partial charge in [0.25, 0.3) is 0 Å². The Bertz CT molecular complexity index is 378. The molecule has 4 nitrogen and oxygen atoms in total. The monoisotopic (exact) mass is 354 g/mol. The van der Waals surface area contributed by atoms with E-state index in [9.17, 15) is 14.7 Å². The van der Waals surface area contributed by atoms with E-state index in [0.717, 1.165) is 77.0 Å². The highest BCUT2D eigenvalue weighted by Crippen LogP contribution is 2.36. The molecule has 0 aromatic rings. The molecule has 0 aromatic carbocycles. The van der Waals surface area contributed by atoms with Gasteiger partial charge in [-0.2, -0.15) is 0 Å². The van der Waals surface area contributed by atoms with Crippen LogP contribution in [0.5, 0.6) is 0 Å². The molecule has 25 heavy (non-hydrogen) atoms. The van der Waals surface area contributed by atoms with Crippen LogP contribution in [0.1, 0.15) is 103 Å². The molecule has 0 heterocycles. The van der Waals surface area contributed by atoms with Crippen LogP contribution in [-0.4, -0.2) is 22.2 Å². The molecule has 0 amide bonds. The molecule has 0 saturated heterocycles. The van der Waals surface area contributed by atoms with Gasteiger partial charge >= 0.3 is 11.9 Å². The minimum absolute atomic E-state index is 0.265. The summed E-state index contributed by atoms with van der Waals surface area (Å²) in [6.07, 6.45) is 15.5. The first kappa shape index (κ1) is 23.7. The molecule has 2 N–H and O–H groups in total. The number of carbonyl (C=O) groups is 2. The number of unbranched alkanes of at least 4 members (excludes halogenated alkanes) is 9. The van der Waals surface area contributed by atoms with Gasteiger partial charge in [-0.15, -0.1) is 6.58 Å². The summed E-state index contributed by atoms with van der Waals surface area (Å²) in [5, 5.41) is 18.3. The van der Waals surface area contributed by atoms with E-state index in [1.165, 1.54) is 6.42 Å². The highest BCUT2D eigenvalue weighted by atomic mass is 16.4. The molecule has 0 radical (unpaired) electrons. The zero-order chi connectivity index (χ0) is 19.0. The van der Waals surface area contributed by atoms with E-state index in [4.69, 9.17) is 5.11 Å². The lowest BCUT2D eigenvalue weighted by atomic mass is 9.75. The summed E-state index contributed by atoms with van der Waals surface area (Å²) in [5.41, 5.74) is -0.628. The number of hydrogen-bond donors (Lipinski definition) is 2. The average Bonchev–Trinajstić information content (AvgIpc) is 2.56. The van der Waals surface area contributed by atoms with Crippen LogP contribution in [0.2, 0.25) is 0 Å². The number of aliphatic carboxylic acids is 2. The van der Waals surface area contributed by atoms with Crippen LogP contribution in [0.4, 0.5) is 0 Å². The van der Waals surface area contributed by atoms with Crippen LogP contribution in [0.25, 0.3) is 0 Å². The number of carboxylic acids is 2. The van der Waals surface area contributed by atoms with Gasteiger partial charge in [-0.25, -0.2) is 0 Å². The van der Waals surface area contributed by atoms with Gasteiger partial charge in [-0.3, -0.25) is 9.59 Å². The molecular formula is C21H38O4. The second-order valence-corrected chi connectivity index (χ2v) is 7.26. The maximum atomic E-state index is 11.9. The van der Waals surface area contributed by atoms with E-state index in [1.807, 2.05) is 0 Å². The molecule has 1 unspecified atom stereocenters. The van der Waals surface area contributed by atoms with Gasteiger partial charge in [0.15, 0.2) is 0 Å². The maximum Gasteiger partial charge on any atom is 0.309 e. The van der Waals surface area contributed by atoms with Gasteiger partial charge in [0.05, 0.1) is 5.41 Å². The van der Waals surface area contributed by atoms with Crippen molar-refractivity contribution in [3.63, 3.8) is 0 Å². The molecule has 0 aliphatic rings. The number of carboxylic acid groups (broad SMARTS) is 2. The van der Waals surface area contributed by atoms with E-state index in [1.54, 1.807) is 6.08 Å². The second kappa shape index (κ2) is 15.0. The first-order chi connectivity index (χ1) is 12.0. The van der Waals surface area contributed by atoms with E-state index < -0.39 is 17.4 Å². The summed E-state index contributed by atoms with van der Waals surface area (Å²) in [7, 11) is 0. The van der Waals surface area contributed by atoms with Crippen molar-refractivity contribution in [1.82, 2.24) is 0 Å².